The number of unbranched alkanes of at least 4 members (excludes halogenated alkanes) is 43. The van der Waals surface area contributed by atoms with Gasteiger partial charge in [-0.3, -0.25) is 9.36 Å². The first kappa shape index (κ1) is 78.2. The number of phosphoric acid groups is 1. The predicted molar refractivity (Wildman–Crippen MR) is 348 cm³/mol. The molecule has 1 amide bonds. The Morgan fingerprint density at radius 2 is 0.762 bits per heavy atom. The third-order valence-electron chi connectivity index (χ3n) is 15.7. The fourth-order valence-corrected chi connectivity index (χ4v) is 11.1. The number of phosphoric ester groups is 1. The first-order chi connectivity index (χ1) is 39.0. The molecule has 0 radical (unpaired) electrons. The number of allylic oxidation sites excluding steroid dienone is 9. The van der Waals surface area contributed by atoms with Crippen molar-refractivity contribution in [1.82, 2.24) is 5.32 Å². The lowest BCUT2D eigenvalue weighted by Gasteiger charge is -2.29. The molecule has 8 nitrogen and oxygen atoms in total. The van der Waals surface area contributed by atoms with Gasteiger partial charge in [-0.1, -0.05) is 331 Å². The highest BCUT2D eigenvalue weighted by Gasteiger charge is 2.23. The van der Waals surface area contributed by atoms with Crippen molar-refractivity contribution in [1.29, 1.82) is 0 Å². The summed E-state index contributed by atoms with van der Waals surface area (Å²) in [5, 5.41) is 13.9. The van der Waals surface area contributed by atoms with Crippen molar-refractivity contribution in [3.63, 3.8) is 0 Å². The summed E-state index contributed by atoms with van der Waals surface area (Å²) in [4.78, 5) is 25.6. The number of hydrogen-bond acceptors (Lipinski definition) is 6. The van der Waals surface area contributed by atoms with E-state index in [4.69, 9.17) is 9.05 Å². The number of hydrogen-bond donors (Lipinski definition) is 2. The van der Waals surface area contributed by atoms with E-state index >= 15 is 0 Å². The van der Waals surface area contributed by atoms with Gasteiger partial charge in [0.1, 0.15) is 13.2 Å². The molecule has 0 saturated heterocycles. The van der Waals surface area contributed by atoms with Crippen LogP contribution in [0.15, 0.2) is 60.8 Å². The maximum Gasteiger partial charge on any atom is 0.268 e. The van der Waals surface area contributed by atoms with Crippen molar-refractivity contribution in [2.45, 2.75) is 347 Å². The second-order valence-corrected chi connectivity index (χ2v) is 26.3. The summed E-state index contributed by atoms with van der Waals surface area (Å²) in [6.07, 6.45) is 84.9. The zero-order chi connectivity index (χ0) is 58.4. The van der Waals surface area contributed by atoms with Crippen LogP contribution in [-0.4, -0.2) is 68.5 Å². The largest absolute Gasteiger partial charge is 0.756 e. The van der Waals surface area contributed by atoms with Crippen LogP contribution in [0.3, 0.4) is 0 Å². The van der Waals surface area contributed by atoms with E-state index in [1.54, 1.807) is 6.08 Å². The van der Waals surface area contributed by atoms with Crippen molar-refractivity contribution in [3.8, 4) is 0 Å². The van der Waals surface area contributed by atoms with Gasteiger partial charge in [-0.2, -0.15) is 0 Å². The molecule has 0 fully saturated rings. The Morgan fingerprint density at radius 1 is 0.450 bits per heavy atom. The molecule has 80 heavy (non-hydrogen) atoms. The van der Waals surface area contributed by atoms with Crippen molar-refractivity contribution >= 4 is 13.7 Å². The Kier molecular flexibility index (Phi) is 60.4. The second kappa shape index (κ2) is 61.8. The standard InChI is InChI=1S/C71H135N2O6P/c1-6-8-10-12-14-16-18-20-22-24-26-27-28-29-30-31-32-33-34-35-36-37-38-39-40-41-42-43-44-45-47-49-51-53-55-57-59-61-63-65-71(75)72-69(68-79-80(76,77)78-67-66-73(3,4)5)70(74)64-62-60-58-56-54-52-50-48-46-25-23-21-19-17-15-13-11-9-7-2/h8,10,14,16,20,22,26-27,62,64,69-70,74H,6-7,9,11-13,15,17-19,21,23-25,28-61,63,65-68H2,1-5H3,(H-,72,75,76,77)/b10-8-,16-14-,22-20-,27-26-,64-62+. The van der Waals surface area contributed by atoms with Crippen LogP contribution in [0.5, 0.6) is 0 Å². The van der Waals surface area contributed by atoms with Crippen LogP contribution in [0.4, 0.5) is 0 Å². The van der Waals surface area contributed by atoms with Gasteiger partial charge in [0, 0.05) is 6.42 Å². The molecule has 0 aromatic carbocycles. The number of likely N-dealkylation sites (N-methyl/N-ethyl adjacent to an activating group) is 1. The van der Waals surface area contributed by atoms with E-state index in [1.807, 2.05) is 27.2 Å². The van der Waals surface area contributed by atoms with E-state index < -0.39 is 20.0 Å². The quantitative estimate of drug-likeness (QED) is 0.0272. The SMILES string of the molecule is CC/C=C\C/C=C\C/C=C\C/C=C\CCCCCCCCCCCCCCCCCCCCCCCCCCCCC(=O)NC(COP(=O)([O-])OCC[N+](C)(C)C)C(O)/C=C/CCCCCCCCCCCCCCCCCCC. The molecular weight excluding hydrogens is 1010 g/mol. The summed E-state index contributed by atoms with van der Waals surface area (Å²) in [5.74, 6) is -0.191. The number of amides is 1. The Bertz CT molecular complexity index is 1490. The number of carbonyl (C=O) groups is 1. The van der Waals surface area contributed by atoms with Crippen LogP contribution < -0.4 is 10.2 Å². The molecule has 0 aliphatic carbocycles. The summed E-state index contributed by atoms with van der Waals surface area (Å²) < 4.78 is 23.4. The molecule has 0 aliphatic heterocycles. The average molecular weight is 1140 g/mol. The third-order valence-corrected chi connectivity index (χ3v) is 16.7. The van der Waals surface area contributed by atoms with E-state index in [9.17, 15) is 19.4 Å². The first-order valence-corrected chi connectivity index (χ1v) is 36.1. The molecule has 0 heterocycles. The van der Waals surface area contributed by atoms with Crippen LogP contribution in [0.25, 0.3) is 0 Å². The van der Waals surface area contributed by atoms with Gasteiger partial charge in [-0.15, -0.1) is 0 Å². The lowest BCUT2D eigenvalue weighted by molar-refractivity contribution is -0.870. The fourth-order valence-electron chi connectivity index (χ4n) is 10.4. The highest BCUT2D eigenvalue weighted by atomic mass is 31.2. The summed E-state index contributed by atoms with van der Waals surface area (Å²) in [6.45, 7) is 4.58. The Labute approximate surface area is 498 Å². The molecule has 0 rings (SSSR count). The van der Waals surface area contributed by atoms with Gasteiger partial charge in [0.25, 0.3) is 7.82 Å². The van der Waals surface area contributed by atoms with Gasteiger partial charge >= 0.3 is 0 Å². The normalized spacial score (nSPS) is 14.0. The molecule has 0 aromatic heterocycles. The molecule has 0 saturated carbocycles. The average Bonchev–Trinajstić information content (AvgIpc) is 3.42. The molecule has 0 aliphatic rings. The third kappa shape index (κ3) is 63.8. The summed E-state index contributed by atoms with van der Waals surface area (Å²) in [5.41, 5.74) is 0. The predicted octanol–water partition coefficient (Wildman–Crippen LogP) is 21.4. The molecule has 0 aromatic rings. The van der Waals surface area contributed by atoms with Crippen LogP contribution in [0.2, 0.25) is 0 Å². The Morgan fingerprint density at radius 3 is 1.11 bits per heavy atom. The summed E-state index contributed by atoms with van der Waals surface area (Å²) in [6, 6.07) is -0.886. The second-order valence-electron chi connectivity index (χ2n) is 24.9. The molecule has 0 bridgehead atoms. The lowest BCUT2D eigenvalue weighted by atomic mass is 10.0. The highest BCUT2D eigenvalue weighted by Crippen LogP contribution is 2.38. The topological polar surface area (TPSA) is 108 Å². The van der Waals surface area contributed by atoms with Crippen molar-refractivity contribution in [2.75, 3.05) is 40.9 Å². The van der Waals surface area contributed by atoms with Gasteiger partial charge in [0.15, 0.2) is 0 Å². The first-order valence-electron chi connectivity index (χ1n) is 34.7. The maximum absolute atomic E-state index is 13.0. The van der Waals surface area contributed by atoms with E-state index in [2.05, 4.69) is 67.8 Å². The lowest BCUT2D eigenvalue weighted by Crippen LogP contribution is -2.45. The van der Waals surface area contributed by atoms with Crippen LogP contribution in [0.1, 0.15) is 335 Å². The number of quaternary nitrogens is 1. The Hall–Kier alpha value is -1.80. The molecule has 2 N–H and O–H groups in total. The van der Waals surface area contributed by atoms with Crippen molar-refractivity contribution in [2.24, 2.45) is 0 Å². The number of aliphatic hydroxyl groups is 1. The van der Waals surface area contributed by atoms with E-state index in [0.717, 1.165) is 64.2 Å². The zero-order valence-corrected chi connectivity index (χ0v) is 54.7. The van der Waals surface area contributed by atoms with E-state index in [0.29, 0.717) is 17.4 Å². The monoisotopic (exact) mass is 1140 g/mol. The molecule has 3 unspecified atom stereocenters. The zero-order valence-electron chi connectivity index (χ0n) is 53.8. The minimum absolute atomic E-state index is 0.000571. The molecule has 3 atom stereocenters. The molecule has 9 heteroatoms. The highest BCUT2D eigenvalue weighted by molar-refractivity contribution is 7.45. The Balaban J connectivity index is 3.93. The number of rotatable bonds is 64. The number of carbonyl (C=O) groups excluding carboxylic acids is 1. The van der Waals surface area contributed by atoms with Crippen LogP contribution >= 0.6 is 7.82 Å². The van der Waals surface area contributed by atoms with Crippen LogP contribution in [-0.2, 0) is 18.4 Å². The van der Waals surface area contributed by atoms with Gasteiger partial charge in [0.05, 0.1) is 39.9 Å². The van der Waals surface area contributed by atoms with E-state index in [-0.39, 0.29) is 19.1 Å². The van der Waals surface area contributed by atoms with Crippen LogP contribution in [0, 0.1) is 0 Å². The molecule has 0 spiro atoms. The number of nitrogens with one attached hydrogen (secondary N) is 1. The van der Waals surface area contributed by atoms with E-state index in [1.165, 1.54) is 250 Å². The maximum atomic E-state index is 13.0. The summed E-state index contributed by atoms with van der Waals surface area (Å²) >= 11 is 0. The number of nitrogens with zero attached hydrogens (tertiary/aromatic N) is 1. The minimum atomic E-state index is -4.60. The van der Waals surface area contributed by atoms with Gasteiger partial charge in [-0.05, 0) is 57.8 Å². The van der Waals surface area contributed by atoms with Crippen molar-refractivity contribution in [3.05, 3.63) is 60.8 Å². The molecular formula is C71H135N2O6P. The van der Waals surface area contributed by atoms with Gasteiger partial charge in [0.2, 0.25) is 5.91 Å². The van der Waals surface area contributed by atoms with Crippen molar-refractivity contribution < 1.29 is 32.9 Å². The smallest absolute Gasteiger partial charge is 0.268 e. The number of aliphatic hydroxyl groups excluding tert-OH is 1. The summed E-state index contributed by atoms with van der Waals surface area (Å²) in [7, 11) is 1.28. The molecule has 470 valence electrons. The minimum Gasteiger partial charge on any atom is -0.756 e. The van der Waals surface area contributed by atoms with Gasteiger partial charge < -0.3 is 28.8 Å². The fraction of sp³-hybridized carbons (Fsp3) is 0.845. The van der Waals surface area contributed by atoms with Gasteiger partial charge in [-0.25, -0.2) is 0 Å².